The van der Waals surface area contributed by atoms with E-state index in [0.717, 1.165) is 31.3 Å². The molecule has 0 spiro atoms. The topological polar surface area (TPSA) is 37.3 Å². The van der Waals surface area contributed by atoms with Gasteiger partial charge in [-0.05, 0) is 57.4 Å². The zero-order valence-corrected chi connectivity index (χ0v) is 13.9. The van der Waals surface area contributed by atoms with Gasteiger partial charge in [0.25, 0.3) is 0 Å². The van der Waals surface area contributed by atoms with Crippen molar-refractivity contribution in [3.63, 3.8) is 0 Å². The first-order chi connectivity index (χ1) is 9.80. The minimum absolute atomic E-state index is 0.00397. The smallest absolute Gasteiger partial charge is 0.158 e. The van der Waals surface area contributed by atoms with Crippen LogP contribution in [0.3, 0.4) is 0 Å². The van der Waals surface area contributed by atoms with E-state index in [1.165, 1.54) is 0 Å². The van der Waals surface area contributed by atoms with Crippen molar-refractivity contribution in [2.45, 2.75) is 65.4 Å². The predicted molar refractivity (Wildman–Crippen MR) is 89.1 cm³/mol. The summed E-state index contributed by atoms with van der Waals surface area (Å²) < 4.78 is 0. The summed E-state index contributed by atoms with van der Waals surface area (Å²) in [6.45, 7) is 8.10. The minimum atomic E-state index is -1.05. The van der Waals surface area contributed by atoms with Crippen LogP contribution in [-0.4, -0.2) is 16.5 Å². The van der Waals surface area contributed by atoms with Gasteiger partial charge >= 0.3 is 0 Å². The van der Waals surface area contributed by atoms with Crippen molar-refractivity contribution in [2.24, 2.45) is 11.8 Å². The number of rotatable bonds is 1. The lowest BCUT2D eigenvalue weighted by molar-refractivity contribution is -0.117. The number of carbonyl (C=O) groups excluding carboxylic acids is 1. The second-order valence-corrected chi connectivity index (χ2v) is 6.85. The number of hydrogen-bond acceptors (Lipinski definition) is 2. The molecular formula is C19H30O2. The van der Waals surface area contributed by atoms with Crippen molar-refractivity contribution in [2.75, 3.05) is 0 Å². The van der Waals surface area contributed by atoms with Crippen LogP contribution in [0.1, 0.15) is 59.8 Å². The summed E-state index contributed by atoms with van der Waals surface area (Å²) in [7, 11) is 0. The third kappa shape index (κ3) is 7.42. The van der Waals surface area contributed by atoms with Crippen LogP contribution in [0.5, 0.6) is 0 Å². The van der Waals surface area contributed by atoms with Gasteiger partial charge in [-0.1, -0.05) is 43.7 Å². The van der Waals surface area contributed by atoms with Crippen molar-refractivity contribution < 1.29 is 9.90 Å². The average Bonchev–Trinajstić information content (AvgIpc) is 2.34. The van der Waals surface area contributed by atoms with E-state index in [4.69, 9.17) is 0 Å². The van der Waals surface area contributed by atoms with Crippen LogP contribution >= 0.6 is 0 Å². The molecule has 0 aromatic rings. The molecule has 0 aromatic carbocycles. The standard InChI is InChI=1S/C19H30O2/c1-15(2)17-10-8-6-5-7-9-16(3)13-18(20)14-19(4,21)12-11-17/h5-6,11-13,15,17,21H,7-10,14H2,1-4H3/b6-5+,12-11+,16-13-/t17-,19-/m1/s1. The highest BCUT2D eigenvalue weighted by Crippen LogP contribution is 2.23. The SMILES string of the molecule is C/C1=C/C(=O)C[C@](C)(O)/C=C/[C@H](C(C)C)CC/C=C/CC1. The molecule has 1 N–H and O–H groups in total. The van der Waals surface area contributed by atoms with Gasteiger partial charge in [0.15, 0.2) is 5.78 Å². The molecule has 1 aliphatic carbocycles. The molecule has 0 aliphatic heterocycles. The summed E-state index contributed by atoms with van der Waals surface area (Å²) in [4.78, 5) is 12.0. The lowest BCUT2D eigenvalue weighted by Crippen LogP contribution is -2.25. The third-order valence-electron chi connectivity index (χ3n) is 4.04. The molecule has 0 heterocycles. The van der Waals surface area contributed by atoms with Crippen molar-refractivity contribution in [3.05, 3.63) is 36.0 Å². The molecule has 0 unspecified atom stereocenters. The molecule has 2 heteroatoms. The first-order valence-electron chi connectivity index (χ1n) is 8.07. The summed E-state index contributed by atoms with van der Waals surface area (Å²) in [5.74, 6) is 0.983. The van der Waals surface area contributed by atoms with Gasteiger partial charge in [-0.25, -0.2) is 0 Å². The average molecular weight is 290 g/mol. The van der Waals surface area contributed by atoms with E-state index in [1.807, 2.05) is 13.0 Å². The first-order valence-corrected chi connectivity index (χ1v) is 8.07. The van der Waals surface area contributed by atoms with E-state index in [1.54, 1.807) is 13.0 Å². The molecule has 0 aromatic heterocycles. The van der Waals surface area contributed by atoms with Gasteiger partial charge in [0, 0.05) is 6.42 Å². The van der Waals surface area contributed by atoms with Gasteiger partial charge in [0.1, 0.15) is 0 Å². The molecule has 0 fully saturated rings. The van der Waals surface area contributed by atoms with Crippen LogP contribution < -0.4 is 0 Å². The third-order valence-corrected chi connectivity index (χ3v) is 4.04. The highest BCUT2D eigenvalue weighted by molar-refractivity contribution is 5.91. The van der Waals surface area contributed by atoms with E-state index >= 15 is 0 Å². The fourth-order valence-corrected chi connectivity index (χ4v) is 2.63. The van der Waals surface area contributed by atoms with Gasteiger partial charge < -0.3 is 5.11 Å². The molecule has 0 radical (unpaired) electrons. The van der Waals surface area contributed by atoms with Crippen LogP contribution in [0.25, 0.3) is 0 Å². The van der Waals surface area contributed by atoms with Crippen LogP contribution in [0, 0.1) is 11.8 Å². The van der Waals surface area contributed by atoms with Gasteiger partial charge in [0.05, 0.1) is 5.60 Å². The van der Waals surface area contributed by atoms with Crippen molar-refractivity contribution in [1.82, 2.24) is 0 Å². The zero-order chi connectivity index (χ0) is 15.9. The lowest BCUT2D eigenvalue weighted by atomic mass is 9.88. The summed E-state index contributed by atoms with van der Waals surface area (Å²) in [5.41, 5.74) is 0.0302. The maximum absolute atomic E-state index is 12.0. The van der Waals surface area contributed by atoms with Gasteiger partial charge in [0.2, 0.25) is 0 Å². The Labute approximate surface area is 129 Å². The highest BCUT2D eigenvalue weighted by Gasteiger charge is 2.21. The molecule has 0 amide bonds. The number of hydrogen-bond donors (Lipinski definition) is 1. The van der Waals surface area contributed by atoms with Crippen LogP contribution in [0.15, 0.2) is 36.0 Å². The molecule has 118 valence electrons. The Morgan fingerprint density at radius 2 is 1.95 bits per heavy atom. The Morgan fingerprint density at radius 1 is 1.29 bits per heavy atom. The quantitative estimate of drug-likeness (QED) is 0.716. The first kappa shape index (κ1) is 17.9. The highest BCUT2D eigenvalue weighted by atomic mass is 16.3. The fourth-order valence-electron chi connectivity index (χ4n) is 2.63. The summed E-state index contributed by atoms with van der Waals surface area (Å²) in [5, 5.41) is 10.4. The van der Waals surface area contributed by atoms with E-state index in [2.05, 4.69) is 32.1 Å². The van der Waals surface area contributed by atoms with Gasteiger partial charge in [-0.2, -0.15) is 0 Å². The van der Waals surface area contributed by atoms with Crippen LogP contribution in [0.2, 0.25) is 0 Å². The Balaban J connectivity index is 2.91. The van der Waals surface area contributed by atoms with E-state index < -0.39 is 5.60 Å². The Bertz CT molecular complexity index is 425. The molecule has 1 aliphatic rings. The van der Waals surface area contributed by atoms with E-state index in [9.17, 15) is 9.90 Å². The fraction of sp³-hybridized carbons (Fsp3) is 0.632. The Kier molecular flexibility index (Phi) is 7.10. The molecule has 0 bridgehead atoms. The number of carbonyl (C=O) groups is 1. The lowest BCUT2D eigenvalue weighted by Gasteiger charge is -2.21. The zero-order valence-electron chi connectivity index (χ0n) is 13.9. The van der Waals surface area contributed by atoms with Crippen molar-refractivity contribution in [3.8, 4) is 0 Å². The van der Waals surface area contributed by atoms with Crippen LogP contribution in [-0.2, 0) is 4.79 Å². The monoisotopic (exact) mass is 290 g/mol. The summed E-state index contributed by atoms with van der Waals surface area (Å²) >= 11 is 0. The Morgan fingerprint density at radius 3 is 2.62 bits per heavy atom. The van der Waals surface area contributed by atoms with E-state index in [0.29, 0.717) is 11.8 Å². The molecule has 0 saturated heterocycles. The molecule has 2 nitrogen and oxygen atoms in total. The molecule has 1 rings (SSSR count). The minimum Gasteiger partial charge on any atom is -0.386 e. The van der Waals surface area contributed by atoms with Crippen molar-refractivity contribution >= 4 is 5.78 Å². The summed E-state index contributed by atoms with van der Waals surface area (Å²) in [6, 6.07) is 0. The number of allylic oxidation sites excluding steroid dienone is 5. The molecule has 2 atom stereocenters. The second kappa shape index (κ2) is 8.33. The predicted octanol–water partition coefficient (Wildman–Crippen LogP) is 4.60. The number of ketones is 1. The maximum Gasteiger partial charge on any atom is 0.158 e. The second-order valence-electron chi connectivity index (χ2n) is 6.85. The van der Waals surface area contributed by atoms with Crippen molar-refractivity contribution in [1.29, 1.82) is 0 Å². The normalized spacial score (nSPS) is 34.9. The largest absolute Gasteiger partial charge is 0.386 e. The number of aliphatic hydroxyl groups is 1. The van der Waals surface area contributed by atoms with E-state index in [-0.39, 0.29) is 12.2 Å². The maximum atomic E-state index is 12.0. The van der Waals surface area contributed by atoms with Gasteiger partial charge in [-0.15, -0.1) is 0 Å². The molecular weight excluding hydrogens is 260 g/mol. The Hall–Kier alpha value is -1.15. The molecule has 21 heavy (non-hydrogen) atoms. The molecule has 0 saturated carbocycles. The summed E-state index contributed by atoms with van der Waals surface area (Å²) in [6.07, 6.45) is 14.2. The van der Waals surface area contributed by atoms with Crippen LogP contribution in [0.4, 0.5) is 0 Å². The van der Waals surface area contributed by atoms with Gasteiger partial charge in [-0.3, -0.25) is 4.79 Å².